The normalized spacial score (nSPS) is 16.3. The highest BCUT2D eigenvalue weighted by atomic mass is 32.1. The van der Waals surface area contributed by atoms with Crippen LogP contribution in [-0.2, 0) is 0 Å². The first-order valence-electron chi connectivity index (χ1n) is 9.76. The number of hydrogen-bond acceptors (Lipinski definition) is 5. The molecule has 1 aliphatic heterocycles. The summed E-state index contributed by atoms with van der Waals surface area (Å²) in [5, 5.41) is 12.1. The fraction of sp³-hybridized carbons (Fsp3) is 0.273. The Labute approximate surface area is 177 Å². The van der Waals surface area contributed by atoms with E-state index in [1.165, 1.54) is 29.5 Å². The fourth-order valence-corrected chi connectivity index (χ4v) is 4.34. The van der Waals surface area contributed by atoms with Gasteiger partial charge in [0.15, 0.2) is 0 Å². The van der Waals surface area contributed by atoms with Crippen molar-refractivity contribution in [1.82, 2.24) is 15.1 Å². The van der Waals surface area contributed by atoms with E-state index in [0.717, 1.165) is 23.4 Å². The molecule has 1 aromatic heterocycles. The summed E-state index contributed by atoms with van der Waals surface area (Å²) in [4.78, 5) is 26.9. The average molecular weight is 425 g/mol. The first-order chi connectivity index (χ1) is 14.5. The maximum atomic E-state index is 13.5. The van der Waals surface area contributed by atoms with Crippen LogP contribution >= 0.6 is 11.3 Å². The summed E-state index contributed by atoms with van der Waals surface area (Å²) < 4.78 is 13.5. The van der Waals surface area contributed by atoms with Gasteiger partial charge in [-0.25, -0.2) is 4.39 Å². The van der Waals surface area contributed by atoms with Crippen LogP contribution in [0.2, 0.25) is 0 Å². The van der Waals surface area contributed by atoms with E-state index in [2.05, 4.69) is 15.5 Å². The molecule has 1 aliphatic rings. The molecule has 0 radical (unpaired) electrons. The van der Waals surface area contributed by atoms with E-state index in [0.29, 0.717) is 29.3 Å². The van der Waals surface area contributed by atoms with Crippen molar-refractivity contribution in [2.45, 2.75) is 25.7 Å². The number of aromatic nitrogens is 2. The molecule has 2 amide bonds. The predicted molar refractivity (Wildman–Crippen MR) is 113 cm³/mol. The number of rotatable bonds is 4. The van der Waals surface area contributed by atoms with Crippen molar-refractivity contribution >= 4 is 28.8 Å². The number of halogens is 1. The second-order valence-electron chi connectivity index (χ2n) is 7.37. The highest BCUT2D eigenvalue weighted by Crippen LogP contribution is 2.30. The lowest BCUT2D eigenvalue weighted by molar-refractivity contribution is 0.0706. The number of aryl methyl sites for hydroxylation is 1. The standard InChI is InChI=1S/C22H21FN4O2S/c1-14-7-9-18(10-8-14)24-19(28)21-26-25-20(30-21)16-5-3-11-27(13-16)22(29)15-4-2-6-17(23)12-15/h2,4,6-10,12,16H,3,5,11,13H2,1H3,(H,24,28). The summed E-state index contributed by atoms with van der Waals surface area (Å²) in [5.74, 6) is -0.912. The third-order valence-corrected chi connectivity index (χ3v) is 6.16. The van der Waals surface area contributed by atoms with Crippen molar-refractivity contribution in [3.63, 3.8) is 0 Å². The van der Waals surface area contributed by atoms with Crippen LogP contribution in [-0.4, -0.2) is 40.0 Å². The molecule has 1 fully saturated rings. The number of piperidine rings is 1. The summed E-state index contributed by atoms with van der Waals surface area (Å²) in [6, 6.07) is 13.3. The summed E-state index contributed by atoms with van der Waals surface area (Å²) in [6.45, 7) is 3.07. The lowest BCUT2D eigenvalue weighted by Crippen LogP contribution is -2.39. The van der Waals surface area contributed by atoms with Crippen LogP contribution in [0.25, 0.3) is 0 Å². The zero-order valence-corrected chi connectivity index (χ0v) is 17.3. The molecule has 0 bridgehead atoms. The van der Waals surface area contributed by atoms with Gasteiger partial charge in [-0.3, -0.25) is 9.59 Å². The Balaban J connectivity index is 1.43. The van der Waals surface area contributed by atoms with E-state index in [1.54, 1.807) is 11.0 Å². The molecule has 154 valence electrons. The van der Waals surface area contributed by atoms with Crippen LogP contribution in [0.3, 0.4) is 0 Å². The number of benzene rings is 2. The minimum Gasteiger partial charge on any atom is -0.338 e. The van der Waals surface area contributed by atoms with Gasteiger partial charge < -0.3 is 10.2 Å². The monoisotopic (exact) mass is 424 g/mol. The van der Waals surface area contributed by atoms with E-state index in [-0.39, 0.29) is 17.7 Å². The molecule has 0 aliphatic carbocycles. The Kier molecular flexibility index (Phi) is 5.85. The number of hydrogen-bond donors (Lipinski definition) is 1. The smallest absolute Gasteiger partial charge is 0.286 e. The molecule has 30 heavy (non-hydrogen) atoms. The minimum absolute atomic E-state index is 0.00897. The maximum Gasteiger partial charge on any atom is 0.286 e. The molecular weight excluding hydrogens is 403 g/mol. The third-order valence-electron chi connectivity index (χ3n) is 5.07. The van der Waals surface area contributed by atoms with Crippen LogP contribution in [0.5, 0.6) is 0 Å². The number of carbonyl (C=O) groups excluding carboxylic acids is 2. The summed E-state index contributed by atoms with van der Waals surface area (Å²) >= 11 is 1.25. The fourth-order valence-electron chi connectivity index (χ4n) is 3.48. The van der Waals surface area contributed by atoms with E-state index in [9.17, 15) is 14.0 Å². The van der Waals surface area contributed by atoms with Crippen molar-refractivity contribution in [2.75, 3.05) is 18.4 Å². The number of nitrogens with zero attached hydrogens (tertiary/aromatic N) is 3. The second kappa shape index (κ2) is 8.71. The molecule has 3 aromatic rings. The van der Waals surface area contributed by atoms with Gasteiger partial charge in [-0.05, 0) is 50.1 Å². The molecule has 2 aromatic carbocycles. The van der Waals surface area contributed by atoms with Crippen molar-refractivity contribution in [1.29, 1.82) is 0 Å². The Morgan fingerprint density at radius 3 is 2.73 bits per heavy atom. The molecule has 1 atom stereocenters. The van der Waals surface area contributed by atoms with Gasteiger partial charge in [0.2, 0.25) is 5.01 Å². The van der Waals surface area contributed by atoms with Crippen molar-refractivity contribution in [3.05, 3.63) is 75.5 Å². The van der Waals surface area contributed by atoms with Gasteiger partial charge in [0.25, 0.3) is 11.8 Å². The van der Waals surface area contributed by atoms with Gasteiger partial charge in [0.05, 0.1) is 0 Å². The molecule has 0 spiro atoms. The van der Waals surface area contributed by atoms with Crippen molar-refractivity contribution < 1.29 is 14.0 Å². The zero-order chi connectivity index (χ0) is 21.1. The number of amides is 2. The molecule has 6 nitrogen and oxygen atoms in total. The Morgan fingerprint density at radius 1 is 1.17 bits per heavy atom. The van der Waals surface area contributed by atoms with Crippen LogP contribution in [0.1, 0.15) is 49.5 Å². The lowest BCUT2D eigenvalue weighted by Gasteiger charge is -2.31. The van der Waals surface area contributed by atoms with Gasteiger partial charge in [0, 0.05) is 30.3 Å². The SMILES string of the molecule is Cc1ccc(NC(=O)c2nnc(C3CCCN(C(=O)c4cccc(F)c4)C3)s2)cc1. The van der Waals surface area contributed by atoms with E-state index < -0.39 is 5.82 Å². The average Bonchev–Trinajstić information content (AvgIpc) is 3.25. The second-order valence-corrected chi connectivity index (χ2v) is 8.38. The quantitative estimate of drug-likeness (QED) is 0.679. The first-order valence-corrected chi connectivity index (χ1v) is 10.6. The molecular formula is C22H21FN4O2S. The van der Waals surface area contributed by atoms with Crippen molar-refractivity contribution in [2.24, 2.45) is 0 Å². The number of nitrogens with one attached hydrogen (secondary N) is 1. The van der Waals surface area contributed by atoms with Crippen LogP contribution in [0, 0.1) is 12.7 Å². The van der Waals surface area contributed by atoms with Gasteiger partial charge in [0.1, 0.15) is 10.8 Å². The minimum atomic E-state index is -0.428. The Bertz CT molecular complexity index is 1070. The molecule has 4 rings (SSSR count). The summed E-state index contributed by atoms with van der Waals surface area (Å²) in [5.41, 5.74) is 2.15. The van der Waals surface area contributed by atoms with Crippen LogP contribution in [0.4, 0.5) is 10.1 Å². The van der Waals surface area contributed by atoms with Crippen LogP contribution < -0.4 is 5.32 Å². The van der Waals surface area contributed by atoms with E-state index >= 15 is 0 Å². The molecule has 1 N–H and O–H groups in total. The van der Waals surface area contributed by atoms with Crippen molar-refractivity contribution in [3.8, 4) is 0 Å². The number of carbonyl (C=O) groups is 2. The first kappa shape index (κ1) is 20.2. The predicted octanol–water partition coefficient (Wildman–Crippen LogP) is 4.26. The highest BCUT2D eigenvalue weighted by molar-refractivity contribution is 7.13. The highest BCUT2D eigenvalue weighted by Gasteiger charge is 2.28. The third kappa shape index (κ3) is 4.54. The summed E-state index contributed by atoms with van der Waals surface area (Å²) in [7, 11) is 0. The van der Waals surface area contributed by atoms with Crippen LogP contribution in [0.15, 0.2) is 48.5 Å². The lowest BCUT2D eigenvalue weighted by atomic mass is 9.98. The maximum absolute atomic E-state index is 13.5. The number of likely N-dealkylation sites (tertiary alicyclic amines) is 1. The number of anilines is 1. The molecule has 1 unspecified atom stereocenters. The Hall–Kier alpha value is -3.13. The molecule has 8 heteroatoms. The van der Waals surface area contributed by atoms with Gasteiger partial charge in [-0.2, -0.15) is 0 Å². The largest absolute Gasteiger partial charge is 0.338 e. The van der Waals surface area contributed by atoms with Gasteiger partial charge >= 0.3 is 0 Å². The molecule has 1 saturated heterocycles. The van der Waals surface area contributed by atoms with Gasteiger partial charge in [-0.15, -0.1) is 10.2 Å². The molecule has 0 saturated carbocycles. The van der Waals surface area contributed by atoms with E-state index in [1.807, 2.05) is 31.2 Å². The summed E-state index contributed by atoms with van der Waals surface area (Å²) in [6.07, 6.45) is 1.68. The zero-order valence-electron chi connectivity index (χ0n) is 16.5. The topological polar surface area (TPSA) is 75.2 Å². The van der Waals surface area contributed by atoms with E-state index in [4.69, 9.17) is 0 Å². The van der Waals surface area contributed by atoms with Gasteiger partial charge in [-0.1, -0.05) is 35.1 Å². The Morgan fingerprint density at radius 2 is 1.97 bits per heavy atom. The molecule has 2 heterocycles.